The van der Waals surface area contributed by atoms with Crippen LogP contribution in [0.2, 0.25) is 0 Å². The van der Waals surface area contributed by atoms with Crippen molar-refractivity contribution < 1.29 is 9.47 Å². The van der Waals surface area contributed by atoms with Crippen LogP contribution in [0.3, 0.4) is 0 Å². The molecule has 0 spiro atoms. The lowest BCUT2D eigenvalue weighted by molar-refractivity contribution is -0.0838. The van der Waals surface area contributed by atoms with Crippen molar-refractivity contribution in [2.45, 2.75) is 6.10 Å². The summed E-state index contributed by atoms with van der Waals surface area (Å²) in [5.74, 6) is 0.526. The number of ether oxygens (including phenoxy) is 2. The SMILES string of the molecule is CN(CC1COCCO1)c1nccc(C#N)n1. The third-order valence-corrected chi connectivity index (χ3v) is 2.46. The van der Waals surface area contributed by atoms with Crippen molar-refractivity contribution in [2.75, 3.05) is 38.3 Å². The molecule has 1 saturated heterocycles. The first-order valence-electron chi connectivity index (χ1n) is 5.43. The maximum Gasteiger partial charge on any atom is 0.226 e. The third kappa shape index (κ3) is 3.12. The second-order valence-electron chi connectivity index (χ2n) is 3.80. The summed E-state index contributed by atoms with van der Waals surface area (Å²) < 4.78 is 10.9. The van der Waals surface area contributed by atoms with E-state index in [4.69, 9.17) is 14.7 Å². The molecule has 1 unspecified atom stereocenters. The van der Waals surface area contributed by atoms with Crippen molar-refractivity contribution in [1.29, 1.82) is 5.26 Å². The molecule has 1 aliphatic rings. The van der Waals surface area contributed by atoms with Gasteiger partial charge in [-0.2, -0.15) is 5.26 Å². The van der Waals surface area contributed by atoms with E-state index in [1.165, 1.54) is 0 Å². The highest BCUT2D eigenvalue weighted by atomic mass is 16.6. The van der Waals surface area contributed by atoms with Crippen LogP contribution < -0.4 is 4.90 Å². The smallest absolute Gasteiger partial charge is 0.226 e. The molecule has 90 valence electrons. The van der Waals surface area contributed by atoms with Gasteiger partial charge in [-0.1, -0.05) is 0 Å². The van der Waals surface area contributed by atoms with Gasteiger partial charge in [0.05, 0.1) is 25.9 Å². The molecule has 17 heavy (non-hydrogen) atoms. The Morgan fingerprint density at radius 3 is 3.18 bits per heavy atom. The van der Waals surface area contributed by atoms with Crippen LogP contribution >= 0.6 is 0 Å². The zero-order valence-electron chi connectivity index (χ0n) is 9.67. The number of nitrogens with zero attached hydrogens (tertiary/aromatic N) is 4. The first kappa shape index (κ1) is 11.8. The third-order valence-electron chi connectivity index (χ3n) is 2.46. The summed E-state index contributed by atoms with van der Waals surface area (Å²) in [5, 5.41) is 8.76. The van der Waals surface area contributed by atoms with Crippen molar-refractivity contribution in [3.05, 3.63) is 18.0 Å². The van der Waals surface area contributed by atoms with Crippen LogP contribution in [-0.4, -0.2) is 49.5 Å². The van der Waals surface area contributed by atoms with Crippen LogP contribution in [0.1, 0.15) is 5.69 Å². The van der Waals surface area contributed by atoms with E-state index in [2.05, 4.69) is 9.97 Å². The Labute approximate surface area is 99.8 Å². The van der Waals surface area contributed by atoms with Crippen LogP contribution in [0, 0.1) is 11.3 Å². The molecule has 0 bridgehead atoms. The summed E-state index contributed by atoms with van der Waals surface area (Å²) in [5.41, 5.74) is 0.364. The van der Waals surface area contributed by atoms with Crippen LogP contribution in [0.4, 0.5) is 5.95 Å². The molecule has 6 nitrogen and oxygen atoms in total. The van der Waals surface area contributed by atoms with Gasteiger partial charge in [0.2, 0.25) is 5.95 Å². The van der Waals surface area contributed by atoms with E-state index in [0.717, 1.165) is 0 Å². The topological polar surface area (TPSA) is 71.3 Å². The van der Waals surface area contributed by atoms with E-state index in [-0.39, 0.29) is 6.10 Å². The van der Waals surface area contributed by atoms with E-state index < -0.39 is 0 Å². The molecule has 0 aromatic carbocycles. The molecule has 2 heterocycles. The minimum Gasteiger partial charge on any atom is -0.376 e. The molecule has 2 rings (SSSR count). The molecule has 6 heteroatoms. The van der Waals surface area contributed by atoms with Gasteiger partial charge in [0, 0.05) is 19.8 Å². The molecular formula is C11H14N4O2. The van der Waals surface area contributed by atoms with E-state index in [1.807, 2.05) is 18.0 Å². The lowest BCUT2D eigenvalue weighted by Crippen LogP contribution is -2.39. The largest absolute Gasteiger partial charge is 0.376 e. The number of anilines is 1. The van der Waals surface area contributed by atoms with E-state index in [1.54, 1.807) is 12.3 Å². The van der Waals surface area contributed by atoms with Gasteiger partial charge in [-0.15, -0.1) is 0 Å². The normalized spacial score (nSPS) is 19.6. The van der Waals surface area contributed by atoms with Gasteiger partial charge in [0.1, 0.15) is 11.8 Å². The first-order chi connectivity index (χ1) is 8.29. The standard InChI is InChI=1S/C11H14N4O2/c1-15(7-10-8-16-4-5-17-10)11-13-3-2-9(6-12)14-11/h2-3,10H,4-5,7-8H2,1H3. The average molecular weight is 234 g/mol. The molecule has 1 atom stereocenters. The number of aromatic nitrogens is 2. The Kier molecular flexibility index (Phi) is 3.85. The van der Waals surface area contributed by atoms with Gasteiger partial charge in [0.25, 0.3) is 0 Å². The highest BCUT2D eigenvalue weighted by molar-refractivity contribution is 5.32. The van der Waals surface area contributed by atoms with Crippen LogP contribution in [0.5, 0.6) is 0 Å². The summed E-state index contributed by atoms with van der Waals surface area (Å²) in [7, 11) is 1.87. The predicted octanol–water partition coefficient (Wildman–Crippen LogP) is 0.200. The number of nitriles is 1. The maximum absolute atomic E-state index is 8.76. The van der Waals surface area contributed by atoms with Gasteiger partial charge in [-0.25, -0.2) is 9.97 Å². The number of likely N-dealkylation sites (N-methyl/N-ethyl adjacent to an activating group) is 1. The Morgan fingerprint density at radius 1 is 1.59 bits per heavy atom. The highest BCUT2D eigenvalue weighted by Crippen LogP contribution is 2.08. The number of hydrogen-bond donors (Lipinski definition) is 0. The molecule has 1 aromatic heterocycles. The molecule has 0 amide bonds. The minimum atomic E-state index is 0.0306. The maximum atomic E-state index is 8.76. The summed E-state index contributed by atoms with van der Waals surface area (Å²) in [4.78, 5) is 10.1. The Morgan fingerprint density at radius 2 is 2.47 bits per heavy atom. The quantitative estimate of drug-likeness (QED) is 0.744. The number of hydrogen-bond acceptors (Lipinski definition) is 6. The fourth-order valence-corrected chi connectivity index (χ4v) is 1.62. The van der Waals surface area contributed by atoms with Crippen LogP contribution in [0.15, 0.2) is 12.3 Å². The highest BCUT2D eigenvalue weighted by Gasteiger charge is 2.17. The van der Waals surface area contributed by atoms with E-state index >= 15 is 0 Å². The molecule has 0 radical (unpaired) electrons. The van der Waals surface area contributed by atoms with Gasteiger partial charge in [0.15, 0.2) is 0 Å². The summed E-state index contributed by atoms with van der Waals surface area (Å²) in [6.07, 6.45) is 1.61. The molecule has 1 aliphatic heterocycles. The van der Waals surface area contributed by atoms with Crippen LogP contribution in [-0.2, 0) is 9.47 Å². The predicted molar refractivity (Wildman–Crippen MR) is 60.6 cm³/mol. The summed E-state index contributed by atoms with van der Waals surface area (Å²) in [6, 6.07) is 3.57. The fourth-order valence-electron chi connectivity index (χ4n) is 1.62. The lowest BCUT2D eigenvalue weighted by atomic mass is 10.3. The van der Waals surface area contributed by atoms with Gasteiger partial charge in [-0.05, 0) is 6.07 Å². The molecule has 0 saturated carbocycles. The fraction of sp³-hybridized carbons (Fsp3) is 0.545. The second-order valence-corrected chi connectivity index (χ2v) is 3.80. The Bertz CT molecular complexity index is 412. The van der Waals surface area contributed by atoms with E-state index in [9.17, 15) is 0 Å². The van der Waals surface area contributed by atoms with Crippen LogP contribution in [0.25, 0.3) is 0 Å². The average Bonchev–Trinajstić information content (AvgIpc) is 2.40. The van der Waals surface area contributed by atoms with Crippen molar-refractivity contribution in [2.24, 2.45) is 0 Å². The van der Waals surface area contributed by atoms with Gasteiger partial charge < -0.3 is 14.4 Å². The Balaban J connectivity index is 1.98. The zero-order chi connectivity index (χ0) is 12.1. The molecule has 1 fully saturated rings. The lowest BCUT2D eigenvalue weighted by Gasteiger charge is -2.27. The van der Waals surface area contributed by atoms with Gasteiger partial charge in [-0.3, -0.25) is 0 Å². The Hall–Kier alpha value is -1.71. The molecular weight excluding hydrogens is 220 g/mol. The summed E-state index contributed by atoms with van der Waals surface area (Å²) >= 11 is 0. The van der Waals surface area contributed by atoms with Crippen molar-refractivity contribution >= 4 is 5.95 Å². The molecule has 0 aliphatic carbocycles. The van der Waals surface area contributed by atoms with Crippen molar-refractivity contribution in [1.82, 2.24) is 9.97 Å². The monoisotopic (exact) mass is 234 g/mol. The number of rotatable bonds is 3. The van der Waals surface area contributed by atoms with Crippen molar-refractivity contribution in [3.8, 4) is 6.07 Å². The zero-order valence-corrected chi connectivity index (χ0v) is 9.67. The summed E-state index contributed by atoms with van der Waals surface area (Å²) in [6.45, 7) is 2.51. The molecule has 1 aromatic rings. The van der Waals surface area contributed by atoms with Crippen molar-refractivity contribution in [3.63, 3.8) is 0 Å². The van der Waals surface area contributed by atoms with Gasteiger partial charge >= 0.3 is 0 Å². The minimum absolute atomic E-state index is 0.0306. The second kappa shape index (κ2) is 5.57. The first-order valence-corrected chi connectivity index (χ1v) is 5.43. The van der Waals surface area contributed by atoms with E-state index in [0.29, 0.717) is 38.0 Å². The molecule has 0 N–H and O–H groups in total.